The van der Waals surface area contributed by atoms with E-state index in [1.165, 1.54) is 0 Å². The van der Waals surface area contributed by atoms with Gasteiger partial charge in [0.05, 0.1) is 19.8 Å². The van der Waals surface area contributed by atoms with E-state index in [0.717, 1.165) is 20.9 Å². The first-order valence-corrected chi connectivity index (χ1v) is 8.32. The summed E-state index contributed by atoms with van der Waals surface area (Å²) < 4.78 is 11.4. The van der Waals surface area contributed by atoms with Gasteiger partial charge in [-0.25, -0.2) is 4.79 Å². The van der Waals surface area contributed by atoms with Gasteiger partial charge in [0.2, 0.25) is 0 Å². The van der Waals surface area contributed by atoms with Gasteiger partial charge in [0.1, 0.15) is 6.04 Å². The molecule has 1 aliphatic rings. The Bertz CT molecular complexity index is 754. The number of benzene rings is 1. The zero-order valence-corrected chi connectivity index (χ0v) is 14.3. The van der Waals surface area contributed by atoms with Gasteiger partial charge in [-0.2, -0.15) is 0 Å². The Morgan fingerprint density at radius 1 is 1.42 bits per heavy atom. The molecule has 0 bridgehead atoms. The number of hydrogen-bond donors (Lipinski definition) is 3. The molecule has 2 atom stereocenters. The highest BCUT2D eigenvalue weighted by molar-refractivity contribution is 9.10. The van der Waals surface area contributed by atoms with Gasteiger partial charge < -0.3 is 24.9 Å². The Morgan fingerprint density at radius 2 is 2.25 bits per heavy atom. The molecule has 1 amide bonds. The van der Waals surface area contributed by atoms with Gasteiger partial charge in [0.25, 0.3) is 5.91 Å². The number of aliphatic carboxylic acids is 1. The van der Waals surface area contributed by atoms with Crippen LogP contribution in [0.3, 0.4) is 0 Å². The van der Waals surface area contributed by atoms with Crippen molar-refractivity contribution in [2.75, 3.05) is 19.8 Å². The molecule has 0 radical (unpaired) electrons. The normalized spacial score (nSPS) is 19.1. The third-order valence-corrected chi connectivity index (χ3v) is 4.37. The summed E-state index contributed by atoms with van der Waals surface area (Å²) in [5.74, 6) is -1.56. The summed E-state index contributed by atoms with van der Waals surface area (Å²) >= 11 is 3.41. The lowest BCUT2D eigenvalue weighted by Gasteiger charge is -2.24. The molecule has 1 aromatic heterocycles. The van der Waals surface area contributed by atoms with Crippen molar-refractivity contribution in [1.29, 1.82) is 0 Å². The summed E-state index contributed by atoms with van der Waals surface area (Å²) in [6, 6.07) is 4.69. The van der Waals surface area contributed by atoms with Gasteiger partial charge in [0, 0.05) is 28.0 Å². The van der Waals surface area contributed by atoms with Crippen LogP contribution >= 0.6 is 15.9 Å². The summed E-state index contributed by atoms with van der Waals surface area (Å²) in [7, 11) is 0. The van der Waals surface area contributed by atoms with Crippen molar-refractivity contribution in [1.82, 2.24) is 10.3 Å². The molecule has 2 heterocycles. The summed E-state index contributed by atoms with van der Waals surface area (Å²) in [6.45, 7) is 0.904. The quantitative estimate of drug-likeness (QED) is 0.709. The number of hydrogen-bond acceptors (Lipinski definition) is 4. The molecule has 3 N–H and O–H groups in total. The number of carbonyl (C=O) groups excluding carboxylic acids is 1. The zero-order chi connectivity index (χ0) is 17.1. The van der Waals surface area contributed by atoms with Gasteiger partial charge in [-0.05, 0) is 23.8 Å². The van der Waals surface area contributed by atoms with Gasteiger partial charge in [-0.3, -0.25) is 4.79 Å². The van der Waals surface area contributed by atoms with Gasteiger partial charge >= 0.3 is 5.97 Å². The van der Waals surface area contributed by atoms with Crippen molar-refractivity contribution >= 4 is 38.7 Å². The van der Waals surface area contributed by atoms with E-state index in [2.05, 4.69) is 26.2 Å². The Kier molecular flexibility index (Phi) is 5.17. The molecule has 7 nitrogen and oxygen atoms in total. The monoisotopic (exact) mass is 396 g/mol. The summed E-state index contributed by atoms with van der Waals surface area (Å²) in [4.78, 5) is 26.8. The van der Waals surface area contributed by atoms with Crippen LogP contribution < -0.4 is 5.32 Å². The predicted octanol–water partition coefficient (Wildman–Crippen LogP) is 1.46. The summed E-state index contributed by atoms with van der Waals surface area (Å²) in [5, 5.41) is 12.9. The highest BCUT2D eigenvalue weighted by Gasteiger charge is 2.28. The Morgan fingerprint density at radius 3 is 2.96 bits per heavy atom. The van der Waals surface area contributed by atoms with Crippen LogP contribution in [-0.4, -0.2) is 53.9 Å². The van der Waals surface area contributed by atoms with E-state index in [1.807, 2.05) is 18.2 Å². The number of carbonyl (C=O) groups is 2. The largest absolute Gasteiger partial charge is 0.480 e. The molecule has 0 spiro atoms. The van der Waals surface area contributed by atoms with Gasteiger partial charge in [0.15, 0.2) is 6.10 Å². The summed E-state index contributed by atoms with van der Waals surface area (Å²) in [6.07, 6.45) is 1.17. The highest BCUT2D eigenvalue weighted by Crippen LogP contribution is 2.23. The lowest BCUT2D eigenvalue weighted by molar-refractivity contribution is -0.152. The lowest BCUT2D eigenvalue weighted by Crippen LogP contribution is -2.50. The molecule has 1 saturated heterocycles. The number of carboxylic acids is 1. The van der Waals surface area contributed by atoms with Crippen LogP contribution in [-0.2, 0) is 25.5 Å². The van der Waals surface area contributed by atoms with E-state index in [-0.39, 0.29) is 13.0 Å². The predicted molar refractivity (Wildman–Crippen MR) is 89.8 cm³/mol. The van der Waals surface area contributed by atoms with Crippen molar-refractivity contribution < 1.29 is 24.2 Å². The standard InChI is InChI=1S/C16H17BrN2O5/c17-10-1-2-12-11(6-10)9(7-18-12)5-13(16(21)22)19-15(20)14-8-23-3-4-24-14/h1-2,6-7,13-14,18H,3-5,8H2,(H,19,20)(H,21,22)/t13-,14+/m1/s1. The van der Waals surface area contributed by atoms with E-state index in [0.29, 0.717) is 13.2 Å². The third-order valence-electron chi connectivity index (χ3n) is 3.88. The van der Waals surface area contributed by atoms with Crippen molar-refractivity contribution in [3.8, 4) is 0 Å². The maximum atomic E-state index is 12.2. The molecule has 0 saturated carbocycles. The van der Waals surface area contributed by atoms with Crippen LogP contribution in [0.2, 0.25) is 0 Å². The number of carboxylic acid groups (broad SMARTS) is 1. The Hall–Kier alpha value is -1.90. The van der Waals surface area contributed by atoms with Crippen LogP contribution in [0.25, 0.3) is 10.9 Å². The first-order valence-electron chi connectivity index (χ1n) is 7.52. The number of aromatic amines is 1. The summed E-state index contributed by atoms with van der Waals surface area (Å²) in [5.41, 5.74) is 1.73. The van der Waals surface area contributed by atoms with Crippen LogP contribution in [0.4, 0.5) is 0 Å². The molecule has 8 heteroatoms. The van der Waals surface area contributed by atoms with Crippen molar-refractivity contribution in [3.63, 3.8) is 0 Å². The molecule has 2 aromatic rings. The molecule has 0 unspecified atom stereocenters. The second-order valence-electron chi connectivity index (χ2n) is 5.54. The van der Waals surface area contributed by atoms with E-state index in [9.17, 15) is 14.7 Å². The molecule has 1 aliphatic heterocycles. The van der Waals surface area contributed by atoms with Crippen LogP contribution in [0.1, 0.15) is 5.56 Å². The maximum absolute atomic E-state index is 12.2. The minimum atomic E-state index is -1.09. The lowest BCUT2D eigenvalue weighted by atomic mass is 10.0. The number of aromatic nitrogens is 1. The number of H-pyrrole nitrogens is 1. The second kappa shape index (κ2) is 7.33. The van der Waals surface area contributed by atoms with Gasteiger partial charge in [-0.1, -0.05) is 15.9 Å². The molecule has 1 fully saturated rings. The van der Waals surface area contributed by atoms with Crippen molar-refractivity contribution in [3.05, 3.63) is 34.4 Å². The van der Waals surface area contributed by atoms with E-state index < -0.39 is 24.0 Å². The molecular weight excluding hydrogens is 380 g/mol. The Labute approximate surface area is 146 Å². The van der Waals surface area contributed by atoms with E-state index in [1.54, 1.807) is 6.20 Å². The minimum absolute atomic E-state index is 0.137. The number of rotatable bonds is 5. The maximum Gasteiger partial charge on any atom is 0.326 e. The van der Waals surface area contributed by atoms with E-state index >= 15 is 0 Å². The number of fused-ring (bicyclic) bond motifs is 1. The minimum Gasteiger partial charge on any atom is -0.480 e. The molecular formula is C16H17BrN2O5. The smallest absolute Gasteiger partial charge is 0.326 e. The first-order chi connectivity index (χ1) is 11.5. The molecule has 3 rings (SSSR count). The molecule has 1 aromatic carbocycles. The van der Waals surface area contributed by atoms with Gasteiger partial charge in [-0.15, -0.1) is 0 Å². The van der Waals surface area contributed by atoms with Crippen LogP contribution in [0.5, 0.6) is 0 Å². The van der Waals surface area contributed by atoms with Crippen molar-refractivity contribution in [2.45, 2.75) is 18.6 Å². The molecule has 24 heavy (non-hydrogen) atoms. The highest BCUT2D eigenvalue weighted by atomic mass is 79.9. The average molecular weight is 397 g/mol. The second-order valence-corrected chi connectivity index (χ2v) is 6.46. The SMILES string of the molecule is O=C(N[C@H](Cc1c[nH]c2ccc(Br)cc12)C(=O)O)[C@@H]1COCCO1. The fraction of sp³-hybridized carbons (Fsp3) is 0.375. The van der Waals surface area contributed by atoms with Crippen LogP contribution in [0.15, 0.2) is 28.9 Å². The van der Waals surface area contributed by atoms with Crippen LogP contribution in [0, 0.1) is 0 Å². The average Bonchev–Trinajstić information content (AvgIpc) is 2.97. The van der Waals surface area contributed by atoms with Crippen molar-refractivity contribution in [2.24, 2.45) is 0 Å². The number of ether oxygens (including phenoxy) is 2. The third kappa shape index (κ3) is 3.77. The molecule has 0 aliphatic carbocycles. The fourth-order valence-corrected chi connectivity index (χ4v) is 3.00. The number of halogens is 1. The number of amides is 1. The topological polar surface area (TPSA) is 101 Å². The van der Waals surface area contributed by atoms with E-state index in [4.69, 9.17) is 9.47 Å². The fourth-order valence-electron chi connectivity index (χ4n) is 2.64. The first kappa shape index (κ1) is 16.9. The zero-order valence-electron chi connectivity index (χ0n) is 12.8. The Balaban J connectivity index is 1.74. The molecule has 128 valence electrons. The number of nitrogens with one attached hydrogen (secondary N) is 2.